The number of amides is 1. The van der Waals surface area contributed by atoms with Crippen LogP contribution in [0.15, 0.2) is 47.0 Å². The monoisotopic (exact) mass is 379 g/mol. The highest BCUT2D eigenvalue weighted by Gasteiger charge is 2.23. The van der Waals surface area contributed by atoms with Gasteiger partial charge in [0.05, 0.1) is 11.9 Å². The Morgan fingerprint density at radius 1 is 1.04 bits per heavy atom. The summed E-state index contributed by atoms with van der Waals surface area (Å²) in [5.41, 5.74) is 2.31. The predicted molar refractivity (Wildman–Crippen MR) is 111 cm³/mol. The standard InChI is InChI=1S/C21H25N5O2/c1-21(2,3)19(27)24-18-9-8-15(14-22-18)25-10-12-26(13-11-25)20-23-16-6-4-5-7-17(16)28-20/h4-9,14H,10-13H2,1-3H3,(H,22,24,27). The first-order valence-corrected chi connectivity index (χ1v) is 9.53. The molecule has 3 aromatic rings. The second-order valence-electron chi connectivity index (χ2n) is 8.04. The number of carbonyl (C=O) groups excluding carboxylic acids is 1. The first-order chi connectivity index (χ1) is 13.4. The minimum atomic E-state index is -0.443. The Labute approximate surface area is 164 Å². The number of nitrogens with zero attached hydrogens (tertiary/aromatic N) is 4. The van der Waals surface area contributed by atoms with Crippen molar-refractivity contribution >= 4 is 34.5 Å². The maximum absolute atomic E-state index is 12.1. The molecule has 1 aromatic carbocycles. The van der Waals surface area contributed by atoms with Crippen LogP contribution in [0, 0.1) is 5.41 Å². The number of rotatable bonds is 3. The first-order valence-electron chi connectivity index (χ1n) is 9.53. The third kappa shape index (κ3) is 3.78. The van der Waals surface area contributed by atoms with E-state index in [0.717, 1.165) is 43.0 Å². The van der Waals surface area contributed by atoms with Crippen LogP contribution >= 0.6 is 0 Å². The molecule has 2 aromatic heterocycles. The average Bonchev–Trinajstić information content (AvgIpc) is 3.12. The number of para-hydroxylation sites is 2. The second kappa shape index (κ2) is 7.14. The number of hydrogen-bond donors (Lipinski definition) is 1. The fourth-order valence-corrected chi connectivity index (χ4v) is 3.10. The van der Waals surface area contributed by atoms with Crippen molar-refractivity contribution in [1.29, 1.82) is 0 Å². The summed E-state index contributed by atoms with van der Waals surface area (Å²) in [6.07, 6.45) is 1.81. The molecule has 1 N–H and O–H groups in total. The lowest BCUT2D eigenvalue weighted by Crippen LogP contribution is -2.46. The van der Waals surface area contributed by atoms with Crippen LogP contribution in [0.3, 0.4) is 0 Å². The summed E-state index contributed by atoms with van der Waals surface area (Å²) in [7, 11) is 0. The van der Waals surface area contributed by atoms with Crippen molar-refractivity contribution < 1.29 is 9.21 Å². The Bertz CT molecular complexity index is 933. The molecular formula is C21H25N5O2. The van der Waals surface area contributed by atoms with Gasteiger partial charge in [-0.2, -0.15) is 4.98 Å². The number of carbonyl (C=O) groups is 1. The van der Waals surface area contributed by atoms with Crippen molar-refractivity contribution in [2.45, 2.75) is 20.8 Å². The molecular weight excluding hydrogens is 354 g/mol. The van der Waals surface area contributed by atoms with E-state index in [1.165, 1.54) is 0 Å². The van der Waals surface area contributed by atoms with Gasteiger partial charge in [0.1, 0.15) is 11.3 Å². The first kappa shape index (κ1) is 18.3. The Hall–Kier alpha value is -3.09. The van der Waals surface area contributed by atoms with Crippen LogP contribution in [0.25, 0.3) is 11.1 Å². The van der Waals surface area contributed by atoms with Crippen LogP contribution in [-0.4, -0.2) is 42.1 Å². The molecule has 0 bridgehead atoms. The number of pyridine rings is 1. The number of nitrogens with one attached hydrogen (secondary N) is 1. The van der Waals surface area contributed by atoms with Crippen molar-refractivity contribution in [2.75, 3.05) is 41.3 Å². The number of benzene rings is 1. The molecule has 7 heteroatoms. The molecule has 1 saturated heterocycles. The van der Waals surface area contributed by atoms with Crippen molar-refractivity contribution in [3.05, 3.63) is 42.6 Å². The highest BCUT2D eigenvalue weighted by Crippen LogP contribution is 2.24. The van der Waals surface area contributed by atoms with Crippen LogP contribution < -0.4 is 15.1 Å². The van der Waals surface area contributed by atoms with Gasteiger partial charge in [-0.05, 0) is 24.3 Å². The van der Waals surface area contributed by atoms with Gasteiger partial charge in [-0.1, -0.05) is 32.9 Å². The number of hydrogen-bond acceptors (Lipinski definition) is 6. The molecule has 1 amide bonds. The summed E-state index contributed by atoms with van der Waals surface area (Å²) in [6, 6.07) is 12.4. The van der Waals surface area contributed by atoms with Crippen molar-refractivity contribution in [1.82, 2.24) is 9.97 Å². The Morgan fingerprint density at radius 3 is 2.39 bits per heavy atom. The number of fused-ring (bicyclic) bond motifs is 1. The molecule has 146 valence electrons. The van der Waals surface area contributed by atoms with E-state index in [1.807, 2.05) is 63.4 Å². The van der Waals surface area contributed by atoms with Crippen LogP contribution in [0.5, 0.6) is 0 Å². The van der Waals surface area contributed by atoms with E-state index in [-0.39, 0.29) is 5.91 Å². The van der Waals surface area contributed by atoms with Gasteiger partial charge < -0.3 is 19.5 Å². The second-order valence-corrected chi connectivity index (χ2v) is 8.04. The SMILES string of the molecule is CC(C)(C)C(=O)Nc1ccc(N2CCN(c3nc4ccccc4o3)CC2)cn1. The van der Waals surface area contributed by atoms with Gasteiger partial charge in [0.2, 0.25) is 5.91 Å². The van der Waals surface area contributed by atoms with Gasteiger partial charge >= 0.3 is 0 Å². The van der Waals surface area contributed by atoms with Crippen molar-refractivity contribution in [3.63, 3.8) is 0 Å². The van der Waals surface area contributed by atoms with Gasteiger partial charge in [0.25, 0.3) is 6.01 Å². The highest BCUT2D eigenvalue weighted by molar-refractivity contribution is 5.93. The fraction of sp³-hybridized carbons (Fsp3) is 0.381. The van der Waals surface area contributed by atoms with E-state index in [0.29, 0.717) is 11.8 Å². The molecule has 1 fully saturated rings. The smallest absolute Gasteiger partial charge is 0.298 e. The summed E-state index contributed by atoms with van der Waals surface area (Å²) < 4.78 is 5.87. The zero-order chi connectivity index (χ0) is 19.7. The number of piperazine rings is 1. The molecule has 1 aliphatic heterocycles. The zero-order valence-corrected chi connectivity index (χ0v) is 16.5. The van der Waals surface area contributed by atoms with Gasteiger partial charge in [-0.15, -0.1) is 0 Å². The molecule has 0 radical (unpaired) electrons. The van der Waals surface area contributed by atoms with E-state index in [1.54, 1.807) is 0 Å². The number of aromatic nitrogens is 2. The Balaban J connectivity index is 1.37. The van der Waals surface area contributed by atoms with Gasteiger partial charge in [0, 0.05) is 31.6 Å². The Kier molecular flexibility index (Phi) is 4.66. The van der Waals surface area contributed by atoms with Crippen molar-refractivity contribution in [3.8, 4) is 0 Å². The summed E-state index contributed by atoms with van der Waals surface area (Å²) in [5.74, 6) is 0.536. The van der Waals surface area contributed by atoms with Crippen LogP contribution in [-0.2, 0) is 4.79 Å². The molecule has 1 aliphatic rings. The average molecular weight is 379 g/mol. The van der Waals surface area contributed by atoms with Gasteiger partial charge in [0.15, 0.2) is 5.58 Å². The lowest BCUT2D eigenvalue weighted by molar-refractivity contribution is -0.123. The molecule has 0 atom stereocenters. The molecule has 0 aliphatic carbocycles. The minimum absolute atomic E-state index is 0.0419. The number of anilines is 3. The molecule has 28 heavy (non-hydrogen) atoms. The number of oxazole rings is 1. The lowest BCUT2D eigenvalue weighted by Gasteiger charge is -2.35. The normalized spacial score (nSPS) is 15.1. The third-order valence-electron chi connectivity index (χ3n) is 4.87. The van der Waals surface area contributed by atoms with Gasteiger partial charge in [-0.3, -0.25) is 4.79 Å². The molecule has 0 saturated carbocycles. The van der Waals surface area contributed by atoms with Crippen molar-refractivity contribution in [2.24, 2.45) is 5.41 Å². The summed E-state index contributed by atoms with van der Waals surface area (Å²) in [6.45, 7) is 9.01. The lowest BCUT2D eigenvalue weighted by atomic mass is 9.96. The fourth-order valence-electron chi connectivity index (χ4n) is 3.10. The maximum atomic E-state index is 12.1. The van der Waals surface area contributed by atoms with Gasteiger partial charge in [-0.25, -0.2) is 4.98 Å². The van der Waals surface area contributed by atoms with Crippen LogP contribution in [0.2, 0.25) is 0 Å². The van der Waals surface area contributed by atoms with E-state index in [4.69, 9.17) is 4.42 Å². The largest absolute Gasteiger partial charge is 0.423 e. The Morgan fingerprint density at radius 2 is 1.75 bits per heavy atom. The zero-order valence-electron chi connectivity index (χ0n) is 16.5. The minimum Gasteiger partial charge on any atom is -0.423 e. The predicted octanol–water partition coefficient (Wildman–Crippen LogP) is 3.53. The quantitative estimate of drug-likeness (QED) is 0.750. The summed E-state index contributed by atoms with van der Waals surface area (Å²) in [5, 5.41) is 2.86. The van der Waals surface area contributed by atoms with E-state index < -0.39 is 5.41 Å². The molecule has 3 heterocycles. The van der Waals surface area contributed by atoms with E-state index in [9.17, 15) is 4.79 Å². The summed E-state index contributed by atoms with van der Waals surface area (Å²) >= 11 is 0. The molecule has 0 unspecified atom stereocenters. The molecule has 4 rings (SSSR count). The van der Waals surface area contributed by atoms with Crippen LogP contribution in [0.4, 0.5) is 17.5 Å². The van der Waals surface area contributed by atoms with E-state index >= 15 is 0 Å². The third-order valence-corrected chi connectivity index (χ3v) is 4.87. The maximum Gasteiger partial charge on any atom is 0.298 e. The van der Waals surface area contributed by atoms with Crippen LogP contribution in [0.1, 0.15) is 20.8 Å². The molecule has 7 nitrogen and oxygen atoms in total. The summed E-state index contributed by atoms with van der Waals surface area (Å²) in [4.78, 5) is 25.5. The highest BCUT2D eigenvalue weighted by atomic mass is 16.4. The topological polar surface area (TPSA) is 74.5 Å². The molecule has 0 spiro atoms. The van der Waals surface area contributed by atoms with E-state index in [2.05, 4.69) is 25.1 Å².